The highest BCUT2D eigenvalue weighted by Crippen LogP contribution is 2.58. The summed E-state index contributed by atoms with van der Waals surface area (Å²) in [5, 5.41) is 0. The van der Waals surface area contributed by atoms with Crippen molar-refractivity contribution in [2.75, 3.05) is 0 Å². The highest BCUT2D eigenvalue weighted by atomic mass is 14.5. The molecule has 0 heterocycles. The standard InChI is InChI=1S/C10H19/c1-5-10(6-8(2)3)7-9(10)4/h8-9H,2,5-7H2,1,3-4H3/q+1. The Labute approximate surface area is 65.0 Å². The minimum Gasteiger partial charge on any atom is -0.0648 e. The molecule has 1 saturated carbocycles. The lowest BCUT2D eigenvalue weighted by Gasteiger charge is -2.12. The minimum absolute atomic E-state index is 0.643. The van der Waals surface area contributed by atoms with Gasteiger partial charge in [-0.2, -0.15) is 0 Å². The molecule has 0 aromatic heterocycles. The molecule has 3 unspecified atom stereocenters. The molecule has 0 nitrogen and oxygen atoms in total. The summed E-state index contributed by atoms with van der Waals surface area (Å²) in [5.41, 5.74) is 0.709. The van der Waals surface area contributed by atoms with Crippen LogP contribution in [0, 0.1) is 24.2 Å². The molecule has 0 heteroatoms. The zero-order chi connectivity index (χ0) is 7.78. The van der Waals surface area contributed by atoms with E-state index >= 15 is 0 Å². The first kappa shape index (κ1) is 7.97. The average molecular weight is 139 g/mol. The van der Waals surface area contributed by atoms with Gasteiger partial charge in [-0.3, -0.25) is 0 Å². The molecule has 0 radical (unpaired) electrons. The Morgan fingerprint density at radius 1 is 1.70 bits per heavy atom. The lowest BCUT2D eigenvalue weighted by Crippen LogP contribution is -2.05. The van der Waals surface area contributed by atoms with Gasteiger partial charge in [0.2, 0.25) is 0 Å². The van der Waals surface area contributed by atoms with Crippen molar-refractivity contribution in [2.45, 2.75) is 40.0 Å². The fourth-order valence-corrected chi connectivity index (χ4v) is 2.17. The first-order valence-corrected chi connectivity index (χ1v) is 4.44. The molecule has 1 fully saturated rings. The topological polar surface area (TPSA) is 0 Å². The number of hydrogen-bond donors (Lipinski definition) is 0. The van der Waals surface area contributed by atoms with Gasteiger partial charge in [-0.05, 0) is 31.1 Å². The second-order valence-electron chi connectivity index (χ2n) is 4.13. The molecule has 0 aliphatic heterocycles. The smallest absolute Gasteiger partial charge is 0.0648 e. The molecule has 0 aromatic rings. The second kappa shape index (κ2) is 2.48. The Morgan fingerprint density at radius 2 is 2.20 bits per heavy atom. The first-order valence-electron chi connectivity index (χ1n) is 4.44. The van der Waals surface area contributed by atoms with E-state index in [0.29, 0.717) is 11.3 Å². The number of rotatable bonds is 3. The largest absolute Gasteiger partial charge is 0.0930 e. The second-order valence-corrected chi connectivity index (χ2v) is 4.13. The van der Waals surface area contributed by atoms with Crippen molar-refractivity contribution in [2.24, 2.45) is 17.3 Å². The maximum absolute atomic E-state index is 4.05. The summed E-state index contributed by atoms with van der Waals surface area (Å²) in [5.74, 6) is 1.62. The van der Waals surface area contributed by atoms with Gasteiger partial charge in [-0.15, -0.1) is 0 Å². The lowest BCUT2D eigenvalue weighted by molar-refractivity contribution is 0.368. The molecular weight excluding hydrogens is 120 g/mol. The van der Waals surface area contributed by atoms with Gasteiger partial charge in [0.15, 0.2) is 0 Å². The van der Waals surface area contributed by atoms with E-state index in [1.165, 1.54) is 19.3 Å². The monoisotopic (exact) mass is 139 g/mol. The van der Waals surface area contributed by atoms with Gasteiger partial charge in [0.05, 0.1) is 12.8 Å². The van der Waals surface area contributed by atoms with Crippen LogP contribution in [0.3, 0.4) is 0 Å². The van der Waals surface area contributed by atoms with Gasteiger partial charge >= 0.3 is 0 Å². The highest BCUT2D eigenvalue weighted by molar-refractivity contribution is 4.99. The summed E-state index contributed by atoms with van der Waals surface area (Å²) in [6.07, 6.45) is 4.14. The predicted octanol–water partition coefficient (Wildman–Crippen LogP) is 3.28. The summed E-state index contributed by atoms with van der Waals surface area (Å²) in [4.78, 5) is 0. The molecule has 0 spiro atoms. The third-order valence-corrected chi connectivity index (χ3v) is 3.06. The van der Waals surface area contributed by atoms with Crippen molar-refractivity contribution in [3.05, 3.63) is 6.92 Å². The van der Waals surface area contributed by atoms with Gasteiger partial charge in [-0.25, -0.2) is 0 Å². The van der Waals surface area contributed by atoms with E-state index in [4.69, 9.17) is 0 Å². The molecule has 1 rings (SSSR count). The van der Waals surface area contributed by atoms with Gasteiger partial charge < -0.3 is 0 Å². The molecule has 0 amide bonds. The van der Waals surface area contributed by atoms with E-state index in [1.807, 2.05) is 0 Å². The van der Waals surface area contributed by atoms with E-state index in [-0.39, 0.29) is 0 Å². The Morgan fingerprint density at radius 3 is 2.30 bits per heavy atom. The maximum atomic E-state index is 4.05. The van der Waals surface area contributed by atoms with Gasteiger partial charge in [0.1, 0.15) is 0 Å². The van der Waals surface area contributed by atoms with Crippen LogP contribution in [0.2, 0.25) is 0 Å². The van der Waals surface area contributed by atoms with Crippen LogP contribution in [-0.4, -0.2) is 0 Å². The molecule has 58 valence electrons. The van der Waals surface area contributed by atoms with Crippen molar-refractivity contribution >= 4 is 0 Å². The molecule has 10 heavy (non-hydrogen) atoms. The van der Waals surface area contributed by atoms with Crippen LogP contribution >= 0.6 is 0 Å². The van der Waals surface area contributed by atoms with Gasteiger partial charge in [0.25, 0.3) is 0 Å². The van der Waals surface area contributed by atoms with Gasteiger partial charge in [-0.1, -0.05) is 20.3 Å². The molecule has 0 bridgehead atoms. The van der Waals surface area contributed by atoms with Crippen molar-refractivity contribution in [3.63, 3.8) is 0 Å². The zero-order valence-electron chi connectivity index (χ0n) is 7.48. The summed E-state index contributed by atoms with van der Waals surface area (Å²) in [6, 6.07) is 0. The van der Waals surface area contributed by atoms with E-state index in [0.717, 1.165) is 5.92 Å². The summed E-state index contributed by atoms with van der Waals surface area (Å²) < 4.78 is 0. The van der Waals surface area contributed by atoms with Crippen LogP contribution in [0.4, 0.5) is 0 Å². The quantitative estimate of drug-likeness (QED) is 0.526. The van der Waals surface area contributed by atoms with Crippen LogP contribution < -0.4 is 0 Å². The summed E-state index contributed by atoms with van der Waals surface area (Å²) in [6.45, 7) is 10.9. The highest BCUT2D eigenvalue weighted by Gasteiger charge is 2.49. The molecule has 0 saturated heterocycles. The normalized spacial score (nSPS) is 41.3. The molecule has 3 atom stereocenters. The van der Waals surface area contributed by atoms with Crippen molar-refractivity contribution in [1.29, 1.82) is 0 Å². The minimum atomic E-state index is 0.643. The molecular formula is C10H19+. The van der Waals surface area contributed by atoms with E-state index in [9.17, 15) is 0 Å². The lowest BCUT2D eigenvalue weighted by atomic mass is 9.90. The Hall–Kier alpha value is -0.130. The third-order valence-electron chi connectivity index (χ3n) is 3.06. The van der Waals surface area contributed by atoms with E-state index in [2.05, 4.69) is 27.7 Å². The fourth-order valence-electron chi connectivity index (χ4n) is 2.17. The fraction of sp³-hybridized carbons (Fsp3) is 0.900. The van der Waals surface area contributed by atoms with E-state index < -0.39 is 0 Å². The zero-order valence-corrected chi connectivity index (χ0v) is 7.48. The Kier molecular flexibility index (Phi) is 1.98. The third kappa shape index (κ3) is 1.31. The predicted molar refractivity (Wildman–Crippen MR) is 45.6 cm³/mol. The summed E-state index contributed by atoms with van der Waals surface area (Å²) in [7, 11) is 0. The molecule has 0 aromatic carbocycles. The SMILES string of the molecule is [CH2+]C(C)CC1(CC)CC1C. The van der Waals surface area contributed by atoms with Crippen molar-refractivity contribution in [1.82, 2.24) is 0 Å². The van der Waals surface area contributed by atoms with E-state index in [1.54, 1.807) is 0 Å². The van der Waals surface area contributed by atoms with Crippen LogP contribution in [0.25, 0.3) is 0 Å². The number of hydrogen-bond acceptors (Lipinski definition) is 0. The van der Waals surface area contributed by atoms with Crippen LogP contribution in [0.15, 0.2) is 0 Å². The first-order chi connectivity index (χ1) is 4.60. The molecule has 0 N–H and O–H groups in total. The Bertz CT molecular complexity index is 111. The average Bonchev–Trinajstić information content (AvgIpc) is 2.42. The Balaban J connectivity index is 2.37. The van der Waals surface area contributed by atoms with Crippen LogP contribution in [-0.2, 0) is 0 Å². The summed E-state index contributed by atoms with van der Waals surface area (Å²) >= 11 is 0. The molecule has 1 aliphatic rings. The van der Waals surface area contributed by atoms with Crippen LogP contribution in [0.1, 0.15) is 40.0 Å². The van der Waals surface area contributed by atoms with Crippen molar-refractivity contribution < 1.29 is 0 Å². The van der Waals surface area contributed by atoms with Crippen LogP contribution in [0.5, 0.6) is 0 Å². The van der Waals surface area contributed by atoms with Gasteiger partial charge in [0, 0.05) is 0 Å². The molecule has 1 aliphatic carbocycles. The maximum Gasteiger partial charge on any atom is 0.0930 e. The van der Waals surface area contributed by atoms with Crippen molar-refractivity contribution in [3.8, 4) is 0 Å².